The molecule has 4 fully saturated rings. The first-order valence-corrected chi connectivity index (χ1v) is 9.98. The van der Waals surface area contributed by atoms with Gasteiger partial charge >= 0.3 is 5.97 Å². The molecule has 1 atom stereocenters. The van der Waals surface area contributed by atoms with E-state index in [1.807, 2.05) is 6.07 Å². The molecule has 0 aliphatic heterocycles. The zero-order valence-electron chi connectivity index (χ0n) is 15.3. The molecule has 4 saturated carbocycles. The first-order valence-electron chi connectivity index (χ1n) is 9.60. The number of nitrogens with zero attached hydrogens (tertiary/aromatic N) is 1. The largest absolute Gasteiger partial charge is 0.452 e. The Kier molecular flexibility index (Phi) is 4.63. The number of amides is 1. The molecule has 4 aliphatic rings. The van der Waals surface area contributed by atoms with E-state index in [1.165, 1.54) is 25.3 Å². The molecule has 0 aromatic heterocycles. The van der Waals surface area contributed by atoms with Gasteiger partial charge in [-0.3, -0.25) is 9.59 Å². The lowest BCUT2D eigenvalue weighted by molar-refractivity contribution is -0.177. The quantitative estimate of drug-likeness (QED) is 0.782. The van der Waals surface area contributed by atoms with E-state index in [-0.39, 0.29) is 16.4 Å². The predicted octanol–water partition coefficient (Wildman–Crippen LogP) is 4.30. The summed E-state index contributed by atoms with van der Waals surface area (Å²) in [6, 6.07) is 6.65. The summed E-state index contributed by atoms with van der Waals surface area (Å²) < 4.78 is 5.61. The van der Waals surface area contributed by atoms with Crippen molar-refractivity contribution in [2.75, 3.05) is 5.32 Å². The lowest BCUT2D eigenvalue weighted by Crippen LogP contribution is -2.51. The number of benzene rings is 1. The van der Waals surface area contributed by atoms with Crippen molar-refractivity contribution in [1.82, 2.24) is 0 Å². The fourth-order valence-electron chi connectivity index (χ4n) is 5.63. The monoisotopic (exact) mass is 386 g/mol. The van der Waals surface area contributed by atoms with Crippen LogP contribution in [0.4, 0.5) is 5.69 Å². The second-order valence-electron chi connectivity index (χ2n) is 8.54. The first-order chi connectivity index (χ1) is 12.9. The van der Waals surface area contributed by atoms with Gasteiger partial charge in [0, 0.05) is 5.69 Å². The number of nitriles is 1. The molecule has 5 rings (SSSR count). The van der Waals surface area contributed by atoms with Gasteiger partial charge in [0.25, 0.3) is 5.91 Å². The van der Waals surface area contributed by atoms with E-state index in [2.05, 4.69) is 5.32 Å². The zero-order chi connectivity index (χ0) is 19.2. The molecular weight excluding hydrogens is 364 g/mol. The number of carbonyl (C=O) groups is 2. The van der Waals surface area contributed by atoms with Crippen LogP contribution < -0.4 is 5.32 Å². The minimum atomic E-state index is -0.875. The smallest absolute Gasteiger partial charge is 0.312 e. The summed E-state index contributed by atoms with van der Waals surface area (Å²) in [5.74, 6) is 1.34. The molecular formula is C21H23ClN2O3. The van der Waals surface area contributed by atoms with Crippen molar-refractivity contribution in [3.8, 4) is 6.07 Å². The van der Waals surface area contributed by atoms with Crippen LogP contribution in [0.25, 0.3) is 0 Å². The Hall–Kier alpha value is -2.06. The van der Waals surface area contributed by atoms with Crippen LogP contribution in [0.15, 0.2) is 18.2 Å². The summed E-state index contributed by atoms with van der Waals surface area (Å²) in [5, 5.41) is 11.9. The summed E-state index contributed by atoms with van der Waals surface area (Å²) in [6.07, 6.45) is 5.62. The van der Waals surface area contributed by atoms with E-state index in [9.17, 15) is 9.59 Å². The van der Waals surface area contributed by atoms with Gasteiger partial charge in [-0.05, 0) is 81.4 Å². The fraction of sp³-hybridized carbons (Fsp3) is 0.571. The molecule has 1 unspecified atom stereocenters. The van der Waals surface area contributed by atoms with Gasteiger partial charge in [-0.15, -0.1) is 0 Å². The highest BCUT2D eigenvalue weighted by atomic mass is 35.5. The van der Waals surface area contributed by atoms with Gasteiger partial charge in [0.15, 0.2) is 6.10 Å². The highest BCUT2D eigenvalue weighted by Gasteiger charge is 2.55. The highest BCUT2D eigenvalue weighted by molar-refractivity contribution is 6.32. The third-order valence-electron chi connectivity index (χ3n) is 6.48. The number of hydrogen-bond acceptors (Lipinski definition) is 4. The Labute approximate surface area is 164 Å². The van der Waals surface area contributed by atoms with Crippen molar-refractivity contribution in [3.05, 3.63) is 28.8 Å². The number of halogens is 1. The van der Waals surface area contributed by atoms with E-state index < -0.39 is 12.0 Å². The fourth-order valence-corrected chi connectivity index (χ4v) is 5.85. The summed E-state index contributed by atoms with van der Waals surface area (Å²) in [5.41, 5.74) is 0.443. The van der Waals surface area contributed by atoms with Crippen LogP contribution >= 0.6 is 11.6 Å². The molecule has 4 bridgehead atoms. The number of esters is 1. The van der Waals surface area contributed by atoms with Crippen molar-refractivity contribution < 1.29 is 14.3 Å². The summed E-state index contributed by atoms with van der Waals surface area (Å²) in [7, 11) is 0. The molecule has 4 aliphatic carbocycles. The van der Waals surface area contributed by atoms with E-state index in [0.29, 0.717) is 29.0 Å². The average Bonchev–Trinajstić information content (AvgIpc) is 2.60. The van der Waals surface area contributed by atoms with Gasteiger partial charge in [-0.2, -0.15) is 5.26 Å². The van der Waals surface area contributed by atoms with Crippen LogP contribution in [0.1, 0.15) is 51.0 Å². The molecule has 1 amide bonds. The van der Waals surface area contributed by atoms with Gasteiger partial charge in [-0.1, -0.05) is 11.6 Å². The van der Waals surface area contributed by atoms with Crippen molar-refractivity contribution >= 4 is 29.2 Å². The standard InChI is InChI=1S/C21H23ClN2O3/c1-12(19(25)24-17-3-2-16(11-23)18(22)7-17)27-20(26)21-8-13-4-14(9-21)6-15(5-13)10-21/h2-3,7,12-15H,4-6,8-10H2,1H3,(H,24,25). The van der Waals surface area contributed by atoms with Crippen LogP contribution in [0.2, 0.25) is 5.02 Å². The van der Waals surface area contributed by atoms with Crippen molar-refractivity contribution in [1.29, 1.82) is 5.26 Å². The zero-order valence-corrected chi connectivity index (χ0v) is 16.1. The number of rotatable bonds is 4. The lowest BCUT2D eigenvalue weighted by Gasteiger charge is -2.55. The van der Waals surface area contributed by atoms with Crippen molar-refractivity contribution in [2.24, 2.45) is 23.2 Å². The maximum atomic E-state index is 12.9. The molecule has 27 heavy (non-hydrogen) atoms. The van der Waals surface area contributed by atoms with Gasteiger partial charge in [0.05, 0.1) is 16.0 Å². The number of hydrogen-bond donors (Lipinski definition) is 1. The minimum Gasteiger partial charge on any atom is -0.452 e. The molecule has 5 nitrogen and oxygen atoms in total. The van der Waals surface area contributed by atoms with Crippen LogP contribution in [-0.2, 0) is 14.3 Å². The predicted molar refractivity (Wildman–Crippen MR) is 101 cm³/mol. The Morgan fingerprint density at radius 3 is 2.33 bits per heavy atom. The molecule has 0 saturated heterocycles. The van der Waals surface area contributed by atoms with E-state index >= 15 is 0 Å². The average molecular weight is 387 g/mol. The summed E-state index contributed by atoms with van der Waals surface area (Å²) >= 11 is 5.99. The summed E-state index contributed by atoms with van der Waals surface area (Å²) in [6.45, 7) is 1.60. The maximum absolute atomic E-state index is 12.9. The van der Waals surface area contributed by atoms with Crippen LogP contribution in [0, 0.1) is 34.5 Å². The first kappa shape index (κ1) is 18.3. The van der Waals surface area contributed by atoms with Crippen LogP contribution in [0.3, 0.4) is 0 Å². The lowest BCUT2D eigenvalue weighted by atomic mass is 9.49. The van der Waals surface area contributed by atoms with Crippen molar-refractivity contribution in [3.63, 3.8) is 0 Å². The molecule has 1 aromatic carbocycles. The molecule has 0 radical (unpaired) electrons. The van der Waals surface area contributed by atoms with Gasteiger partial charge in [0.2, 0.25) is 0 Å². The SMILES string of the molecule is CC(OC(=O)C12CC3CC(CC(C3)C1)C2)C(=O)Nc1ccc(C#N)c(Cl)c1. The highest BCUT2D eigenvalue weighted by Crippen LogP contribution is 2.60. The maximum Gasteiger partial charge on any atom is 0.312 e. The van der Waals surface area contributed by atoms with Crippen molar-refractivity contribution in [2.45, 2.75) is 51.6 Å². The Bertz CT molecular complexity index is 794. The van der Waals surface area contributed by atoms with E-state index in [4.69, 9.17) is 21.6 Å². The molecule has 1 N–H and O–H groups in total. The third-order valence-corrected chi connectivity index (χ3v) is 6.79. The molecule has 0 spiro atoms. The second kappa shape index (κ2) is 6.83. The Balaban J connectivity index is 1.39. The number of ether oxygens (including phenoxy) is 1. The Morgan fingerprint density at radius 1 is 1.22 bits per heavy atom. The Morgan fingerprint density at radius 2 is 1.81 bits per heavy atom. The number of nitrogens with one attached hydrogen (secondary N) is 1. The van der Waals surface area contributed by atoms with E-state index in [0.717, 1.165) is 19.3 Å². The third kappa shape index (κ3) is 3.43. The van der Waals surface area contributed by atoms with E-state index in [1.54, 1.807) is 19.1 Å². The second-order valence-corrected chi connectivity index (χ2v) is 8.95. The molecule has 6 heteroatoms. The molecule has 0 heterocycles. The van der Waals surface area contributed by atoms with Crippen LogP contribution in [-0.4, -0.2) is 18.0 Å². The normalized spacial score (nSPS) is 31.8. The topological polar surface area (TPSA) is 79.2 Å². The number of anilines is 1. The van der Waals surface area contributed by atoms with Gasteiger partial charge in [-0.25, -0.2) is 0 Å². The number of carbonyl (C=O) groups excluding carboxylic acids is 2. The molecule has 142 valence electrons. The minimum absolute atomic E-state index is 0.206. The van der Waals surface area contributed by atoms with Gasteiger partial charge < -0.3 is 10.1 Å². The molecule has 1 aromatic rings. The van der Waals surface area contributed by atoms with Gasteiger partial charge in [0.1, 0.15) is 6.07 Å². The van der Waals surface area contributed by atoms with Crippen LogP contribution in [0.5, 0.6) is 0 Å². The summed E-state index contributed by atoms with van der Waals surface area (Å²) in [4.78, 5) is 25.4.